The first-order valence-electron chi connectivity index (χ1n) is 10.1. The summed E-state index contributed by atoms with van der Waals surface area (Å²) in [6.45, 7) is 0.594. The summed E-state index contributed by atoms with van der Waals surface area (Å²) in [7, 11) is 3.11. The molecule has 152 valence electrons. The van der Waals surface area contributed by atoms with Crippen LogP contribution in [0.5, 0.6) is 11.5 Å². The summed E-state index contributed by atoms with van der Waals surface area (Å²) in [6, 6.07) is 11.0. The van der Waals surface area contributed by atoms with Crippen molar-refractivity contribution < 1.29 is 19.1 Å². The van der Waals surface area contributed by atoms with Crippen LogP contribution in [0.25, 0.3) is 0 Å². The van der Waals surface area contributed by atoms with Crippen LogP contribution in [-0.2, 0) is 6.54 Å². The molecule has 0 atom stereocenters. The number of rotatable bonds is 5. The van der Waals surface area contributed by atoms with Crippen LogP contribution in [0.15, 0.2) is 36.4 Å². The number of hydrogen-bond acceptors (Lipinski definition) is 4. The Morgan fingerprint density at radius 2 is 1.79 bits per heavy atom. The molecule has 2 aromatic rings. The van der Waals surface area contributed by atoms with Gasteiger partial charge in [0.15, 0.2) is 11.5 Å². The fourth-order valence-corrected chi connectivity index (χ4v) is 4.37. The number of nitrogens with one attached hydrogen (secondary N) is 1. The zero-order valence-corrected chi connectivity index (χ0v) is 16.9. The SMILES string of the molecule is COc1ccc(NC(=O)c2cccc3c2C(=O)N(C2CCCCC2)C3)cc1OC. The molecule has 1 fully saturated rings. The molecular formula is C23H26N2O4. The van der Waals surface area contributed by atoms with Crippen LogP contribution < -0.4 is 14.8 Å². The Morgan fingerprint density at radius 1 is 1.03 bits per heavy atom. The zero-order valence-electron chi connectivity index (χ0n) is 16.9. The Hall–Kier alpha value is -3.02. The molecule has 1 saturated carbocycles. The molecule has 0 saturated heterocycles. The second-order valence-electron chi connectivity index (χ2n) is 7.59. The second-order valence-corrected chi connectivity index (χ2v) is 7.59. The molecule has 1 heterocycles. The third-order valence-electron chi connectivity index (χ3n) is 5.87. The molecule has 0 radical (unpaired) electrons. The number of methoxy groups -OCH3 is 2. The lowest BCUT2D eigenvalue weighted by molar-refractivity contribution is 0.0657. The van der Waals surface area contributed by atoms with E-state index in [0.717, 1.165) is 31.2 Å². The van der Waals surface area contributed by atoms with Crippen molar-refractivity contribution >= 4 is 17.5 Å². The minimum absolute atomic E-state index is 0.0232. The number of benzene rings is 2. The van der Waals surface area contributed by atoms with Crippen molar-refractivity contribution in [2.45, 2.75) is 44.7 Å². The largest absolute Gasteiger partial charge is 0.493 e. The lowest BCUT2D eigenvalue weighted by Gasteiger charge is -2.30. The maximum absolute atomic E-state index is 13.2. The van der Waals surface area contributed by atoms with E-state index in [2.05, 4.69) is 5.32 Å². The first-order valence-corrected chi connectivity index (χ1v) is 10.1. The first-order chi connectivity index (χ1) is 14.1. The van der Waals surface area contributed by atoms with E-state index in [4.69, 9.17) is 9.47 Å². The summed E-state index contributed by atoms with van der Waals surface area (Å²) in [4.78, 5) is 28.1. The molecule has 4 rings (SSSR count). The number of fused-ring (bicyclic) bond motifs is 1. The van der Waals surface area contributed by atoms with Gasteiger partial charge in [-0.15, -0.1) is 0 Å². The van der Waals surface area contributed by atoms with E-state index in [1.807, 2.05) is 17.0 Å². The van der Waals surface area contributed by atoms with Crippen LogP contribution in [0.4, 0.5) is 5.69 Å². The quantitative estimate of drug-likeness (QED) is 0.823. The van der Waals surface area contributed by atoms with Gasteiger partial charge in [-0.2, -0.15) is 0 Å². The van der Waals surface area contributed by atoms with E-state index in [-0.39, 0.29) is 17.9 Å². The van der Waals surface area contributed by atoms with Gasteiger partial charge in [0.05, 0.1) is 25.3 Å². The number of carbonyl (C=O) groups excluding carboxylic acids is 2. The molecule has 1 aliphatic carbocycles. The standard InChI is InChI=1S/C23H26N2O4/c1-28-19-12-11-16(13-20(19)29-2)24-22(26)18-10-6-7-15-14-25(23(27)21(15)18)17-8-4-3-5-9-17/h6-7,10-13,17H,3-5,8-9,14H2,1-2H3,(H,24,26). The normalized spacial score (nSPS) is 16.5. The molecule has 6 nitrogen and oxygen atoms in total. The highest BCUT2D eigenvalue weighted by atomic mass is 16.5. The maximum atomic E-state index is 13.2. The van der Waals surface area contributed by atoms with Gasteiger partial charge >= 0.3 is 0 Å². The average Bonchev–Trinajstić information content (AvgIpc) is 3.11. The number of amides is 2. The van der Waals surface area contributed by atoms with Gasteiger partial charge in [-0.1, -0.05) is 31.4 Å². The molecule has 0 aromatic heterocycles. The maximum Gasteiger partial charge on any atom is 0.256 e. The van der Waals surface area contributed by atoms with Crippen LogP contribution in [-0.4, -0.2) is 37.0 Å². The Balaban J connectivity index is 1.57. The van der Waals surface area contributed by atoms with Crippen molar-refractivity contribution in [1.82, 2.24) is 4.90 Å². The lowest BCUT2D eigenvalue weighted by atomic mass is 9.94. The summed E-state index contributed by atoms with van der Waals surface area (Å²) in [5.74, 6) is 0.797. The lowest BCUT2D eigenvalue weighted by Crippen LogP contribution is -2.37. The average molecular weight is 394 g/mol. The van der Waals surface area contributed by atoms with E-state index < -0.39 is 0 Å². The molecule has 0 bridgehead atoms. The zero-order chi connectivity index (χ0) is 20.4. The summed E-state index contributed by atoms with van der Waals surface area (Å²) in [6.07, 6.45) is 5.67. The van der Waals surface area contributed by atoms with Crippen molar-refractivity contribution in [3.63, 3.8) is 0 Å². The molecule has 1 aliphatic heterocycles. The number of anilines is 1. The third-order valence-corrected chi connectivity index (χ3v) is 5.87. The predicted octanol–water partition coefficient (Wildman–Crippen LogP) is 4.24. The molecule has 29 heavy (non-hydrogen) atoms. The minimum atomic E-state index is -0.298. The van der Waals surface area contributed by atoms with Crippen molar-refractivity contribution in [2.75, 3.05) is 19.5 Å². The number of carbonyl (C=O) groups is 2. The van der Waals surface area contributed by atoms with Crippen LogP contribution in [0.2, 0.25) is 0 Å². The summed E-state index contributed by atoms with van der Waals surface area (Å²) in [5.41, 5.74) is 2.47. The predicted molar refractivity (Wildman–Crippen MR) is 111 cm³/mol. The third kappa shape index (κ3) is 3.67. The van der Waals surface area contributed by atoms with Crippen LogP contribution in [0, 0.1) is 0 Å². The molecule has 2 aliphatic rings. The van der Waals surface area contributed by atoms with Gasteiger partial charge in [-0.3, -0.25) is 9.59 Å². The van der Waals surface area contributed by atoms with Gasteiger partial charge < -0.3 is 19.7 Å². The number of nitrogens with zero attached hydrogens (tertiary/aromatic N) is 1. The molecule has 2 aromatic carbocycles. The van der Waals surface area contributed by atoms with Crippen molar-refractivity contribution in [3.05, 3.63) is 53.1 Å². The topological polar surface area (TPSA) is 67.9 Å². The van der Waals surface area contributed by atoms with E-state index in [1.54, 1.807) is 38.5 Å². The highest BCUT2D eigenvalue weighted by molar-refractivity contribution is 6.13. The fourth-order valence-electron chi connectivity index (χ4n) is 4.37. The molecule has 2 amide bonds. The Bertz CT molecular complexity index is 934. The monoisotopic (exact) mass is 394 g/mol. The van der Waals surface area contributed by atoms with Gasteiger partial charge in [0.25, 0.3) is 11.8 Å². The van der Waals surface area contributed by atoms with Crippen molar-refractivity contribution in [2.24, 2.45) is 0 Å². The van der Waals surface area contributed by atoms with Gasteiger partial charge in [-0.05, 0) is 36.6 Å². The van der Waals surface area contributed by atoms with Crippen LogP contribution >= 0.6 is 0 Å². The van der Waals surface area contributed by atoms with Crippen LogP contribution in [0.1, 0.15) is 58.4 Å². The molecule has 6 heteroatoms. The smallest absolute Gasteiger partial charge is 0.256 e. The summed E-state index contributed by atoms with van der Waals surface area (Å²) >= 11 is 0. The highest BCUT2D eigenvalue weighted by Crippen LogP contribution is 2.33. The number of ether oxygens (including phenoxy) is 2. The molecule has 0 spiro atoms. The summed E-state index contributed by atoms with van der Waals surface area (Å²) < 4.78 is 10.5. The second kappa shape index (κ2) is 8.15. The van der Waals surface area contributed by atoms with Crippen molar-refractivity contribution in [1.29, 1.82) is 0 Å². The van der Waals surface area contributed by atoms with Crippen LogP contribution in [0.3, 0.4) is 0 Å². The Kier molecular flexibility index (Phi) is 5.43. The summed E-state index contributed by atoms with van der Waals surface area (Å²) in [5, 5.41) is 2.88. The van der Waals surface area contributed by atoms with E-state index in [1.165, 1.54) is 6.42 Å². The van der Waals surface area contributed by atoms with Gasteiger partial charge in [0.2, 0.25) is 0 Å². The molecular weight excluding hydrogens is 368 g/mol. The Labute approximate surface area is 170 Å². The van der Waals surface area contributed by atoms with E-state index >= 15 is 0 Å². The highest BCUT2D eigenvalue weighted by Gasteiger charge is 2.36. The molecule has 1 N–H and O–H groups in total. The van der Waals surface area contributed by atoms with E-state index in [0.29, 0.717) is 34.9 Å². The van der Waals surface area contributed by atoms with Gasteiger partial charge in [-0.25, -0.2) is 0 Å². The number of hydrogen-bond donors (Lipinski definition) is 1. The fraction of sp³-hybridized carbons (Fsp3) is 0.391. The minimum Gasteiger partial charge on any atom is -0.493 e. The first kappa shape index (κ1) is 19.3. The van der Waals surface area contributed by atoms with Gasteiger partial charge in [0, 0.05) is 24.3 Å². The van der Waals surface area contributed by atoms with Gasteiger partial charge in [0.1, 0.15) is 0 Å². The molecule has 0 unspecified atom stereocenters. The van der Waals surface area contributed by atoms with E-state index in [9.17, 15) is 9.59 Å². The Morgan fingerprint density at radius 3 is 2.52 bits per heavy atom. The van der Waals surface area contributed by atoms with Crippen molar-refractivity contribution in [3.8, 4) is 11.5 Å².